The van der Waals surface area contributed by atoms with Gasteiger partial charge in [-0.05, 0) is 18.7 Å². The molecule has 0 spiro atoms. The first-order valence-electron chi connectivity index (χ1n) is 5.21. The third-order valence-corrected chi connectivity index (χ3v) is 3.29. The summed E-state index contributed by atoms with van der Waals surface area (Å²) in [5.74, 6) is -0.874. The Kier molecular flexibility index (Phi) is 5.61. The van der Waals surface area contributed by atoms with Crippen LogP contribution in [-0.2, 0) is 16.1 Å². The molecule has 1 N–H and O–H groups in total. The molecule has 0 radical (unpaired) electrons. The summed E-state index contributed by atoms with van der Waals surface area (Å²) in [4.78, 5) is 12.8. The zero-order valence-corrected chi connectivity index (χ0v) is 11.5. The molecule has 17 heavy (non-hydrogen) atoms. The number of hydrogen-bond acceptors (Lipinski definition) is 3. The third kappa shape index (κ3) is 4.11. The van der Waals surface area contributed by atoms with Gasteiger partial charge in [-0.1, -0.05) is 34.1 Å². The van der Waals surface area contributed by atoms with Gasteiger partial charge in [0.05, 0.1) is 6.61 Å². The SMILES string of the molecule is COCC(C(=O)O)N(C)Cc1ccccc1Br. The second kappa shape index (κ2) is 6.74. The van der Waals surface area contributed by atoms with Crippen molar-refractivity contribution in [2.24, 2.45) is 0 Å². The van der Waals surface area contributed by atoms with Crippen LogP contribution in [-0.4, -0.2) is 42.8 Å². The van der Waals surface area contributed by atoms with E-state index in [0.717, 1.165) is 10.0 Å². The molecule has 0 aliphatic rings. The van der Waals surface area contributed by atoms with Crippen LogP contribution in [0.4, 0.5) is 0 Å². The van der Waals surface area contributed by atoms with Gasteiger partial charge < -0.3 is 9.84 Å². The highest BCUT2D eigenvalue weighted by molar-refractivity contribution is 9.10. The highest BCUT2D eigenvalue weighted by Gasteiger charge is 2.22. The highest BCUT2D eigenvalue weighted by atomic mass is 79.9. The average Bonchev–Trinajstić information content (AvgIpc) is 2.28. The summed E-state index contributed by atoms with van der Waals surface area (Å²) in [6.07, 6.45) is 0. The predicted molar refractivity (Wildman–Crippen MR) is 68.9 cm³/mol. The molecule has 4 nitrogen and oxygen atoms in total. The molecule has 0 aromatic heterocycles. The normalized spacial score (nSPS) is 12.7. The molecular weight excluding hydrogens is 286 g/mol. The van der Waals surface area contributed by atoms with Gasteiger partial charge in [0.1, 0.15) is 6.04 Å². The third-order valence-electron chi connectivity index (χ3n) is 2.52. The van der Waals surface area contributed by atoms with E-state index in [0.29, 0.717) is 6.54 Å². The van der Waals surface area contributed by atoms with Gasteiger partial charge >= 0.3 is 5.97 Å². The lowest BCUT2D eigenvalue weighted by Gasteiger charge is -2.24. The minimum absolute atomic E-state index is 0.177. The molecule has 1 aromatic carbocycles. The van der Waals surface area contributed by atoms with Crippen molar-refractivity contribution < 1.29 is 14.6 Å². The Labute approximate surface area is 109 Å². The number of rotatable bonds is 6. The van der Waals surface area contributed by atoms with Crippen LogP contribution >= 0.6 is 15.9 Å². The molecule has 0 heterocycles. The van der Waals surface area contributed by atoms with Crippen molar-refractivity contribution in [3.8, 4) is 0 Å². The molecule has 0 aliphatic heterocycles. The number of benzene rings is 1. The number of halogens is 1. The first-order chi connectivity index (χ1) is 8.06. The molecule has 0 saturated carbocycles. The molecular formula is C12H16BrNO3. The molecule has 1 aromatic rings. The lowest BCUT2D eigenvalue weighted by atomic mass is 10.2. The number of carbonyl (C=O) groups is 1. The summed E-state index contributed by atoms with van der Waals surface area (Å²) < 4.78 is 5.90. The molecule has 0 fully saturated rings. The Morgan fingerprint density at radius 1 is 1.53 bits per heavy atom. The zero-order valence-electron chi connectivity index (χ0n) is 9.89. The van der Waals surface area contributed by atoms with Gasteiger partial charge in [0.25, 0.3) is 0 Å². The van der Waals surface area contributed by atoms with E-state index in [-0.39, 0.29) is 6.61 Å². The Balaban J connectivity index is 2.73. The van der Waals surface area contributed by atoms with Crippen LogP contribution in [0.1, 0.15) is 5.56 Å². The number of aliphatic carboxylic acids is 1. The molecule has 1 rings (SSSR count). The van der Waals surface area contributed by atoms with Crippen LogP contribution in [0.3, 0.4) is 0 Å². The van der Waals surface area contributed by atoms with Crippen molar-refractivity contribution in [2.75, 3.05) is 20.8 Å². The molecule has 1 unspecified atom stereocenters. The fourth-order valence-corrected chi connectivity index (χ4v) is 1.96. The molecule has 0 saturated heterocycles. The average molecular weight is 302 g/mol. The zero-order chi connectivity index (χ0) is 12.8. The smallest absolute Gasteiger partial charge is 0.323 e. The summed E-state index contributed by atoms with van der Waals surface area (Å²) >= 11 is 3.44. The van der Waals surface area contributed by atoms with E-state index in [2.05, 4.69) is 15.9 Å². The lowest BCUT2D eigenvalue weighted by molar-refractivity contribution is -0.144. The standard InChI is InChI=1S/C12H16BrNO3/c1-14(11(8-17-2)12(15)16)7-9-5-3-4-6-10(9)13/h3-6,11H,7-8H2,1-2H3,(H,15,16). The summed E-state index contributed by atoms with van der Waals surface area (Å²) in [5.41, 5.74) is 1.05. The van der Waals surface area contributed by atoms with Crippen molar-refractivity contribution in [3.63, 3.8) is 0 Å². The van der Waals surface area contributed by atoms with E-state index < -0.39 is 12.0 Å². The van der Waals surface area contributed by atoms with Crippen molar-refractivity contribution in [1.29, 1.82) is 0 Å². The number of carboxylic acid groups (broad SMARTS) is 1. The van der Waals surface area contributed by atoms with Crippen molar-refractivity contribution >= 4 is 21.9 Å². The van der Waals surface area contributed by atoms with Crippen molar-refractivity contribution in [3.05, 3.63) is 34.3 Å². The van der Waals surface area contributed by atoms with Crippen LogP contribution in [0.15, 0.2) is 28.7 Å². The van der Waals surface area contributed by atoms with Crippen molar-refractivity contribution in [1.82, 2.24) is 4.90 Å². The summed E-state index contributed by atoms with van der Waals surface area (Å²) in [6.45, 7) is 0.734. The largest absolute Gasteiger partial charge is 0.480 e. The van der Waals surface area contributed by atoms with Crippen LogP contribution in [0, 0.1) is 0 Å². The first-order valence-corrected chi connectivity index (χ1v) is 6.01. The van der Waals surface area contributed by atoms with Gasteiger partial charge in [0.15, 0.2) is 0 Å². The van der Waals surface area contributed by atoms with E-state index in [9.17, 15) is 4.79 Å². The Bertz CT molecular complexity index is 384. The minimum atomic E-state index is -0.874. The number of nitrogens with zero attached hydrogens (tertiary/aromatic N) is 1. The van der Waals surface area contributed by atoms with Crippen LogP contribution < -0.4 is 0 Å². The van der Waals surface area contributed by atoms with Gasteiger partial charge in [-0.15, -0.1) is 0 Å². The molecule has 5 heteroatoms. The minimum Gasteiger partial charge on any atom is -0.480 e. The summed E-state index contributed by atoms with van der Waals surface area (Å²) in [5, 5.41) is 9.09. The maximum absolute atomic E-state index is 11.1. The number of hydrogen-bond donors (Lipinski definition) is 1. The Hall–Kier alpha value is -0.910. The van der Waals surface area contributed by atoms with E-state index >= 15 is 0 Å². The van der Waals surface area contributed by atoms with Crippen LogP contribution in [0.5, 0.6) is 0 Å². The van der Waals surface area contributed by atoms with Gasteiger partial charge in [0, 0.05) is 18.1 Å². The van der Waals surface area contributed by atoms with Crippen LogP contribution in [0.25, 0.3) is 0 Å². The van der Waals surface area contributed by atoms with Crippen molar-refractivity contribution in [2.45, 2.75) is 12.6 Å². The fourth-order valence-electron chi connectivity index (χ4n) is 1.55. The molecule has 0 aliphatic carbocycles. The van der Waals surface area contributed by atoms with Gasteiger partial charge in [0.2, 0.25) is 0 Å². The first kappa shape index (κ1) is 14.2. The van der Waals surface area contributed by atoms with Gasteiger partial charge in [-0.2, -0.15) is 0 Å². The second-order valence-electron chi connectivity index (χ2n) is 3.82. The Morgan fingerprint density at radius 2 is 2.18 bits per heavy atom. The maximum Gasteiger partial charge on any atom is 0.323 e. The van der Waals surface area contributed by atoms with Crippen LogP contribution in [0.2, 0.25) is 0 Å². The predicted octanol–water partition coefficient (Wildman–Crippen LogP) is 1.98. The van der Waals surface area contributed by atoms with Gasteiger partial charge in [-0.25, -0.2) is 0 Å². The highest BCUT2D eigenvalue weighted by Crippen LogP contribution is 2.18. The second-order valence-corrected chi connectivity index (χ2v) is 4.67. The number of likely N-dealkylation sites (N-methyl/N-ethyl adjacent to an activating group) is 1. The Morgan fingerprint density at radius 3 is 2.71 bits per heavy atom. The monoisotopic (exact) mass is 301 g/mol. The quantitative estimate of drug-likeness (QED) is 0.873. The topological polar surface area (TPSA) is 49.8 Å². The number of methoxy groups -OCH3 is 1. The molecule has 0 bridgehead atoms. The van der Waals surface area contributed by atoms with E-state index in [1.165, 1.54) is 7.11 Å². The summed E-state index contributed by atoms with van der Waals surface area (Å²) in [6, 6.07) is 7.13. The van der Waals surface area contributed by atoms with E-state index in [1.54, 1.807) is 11.9 Å². The lowest BCUT2D eigenvalue weighted by Crippen LogP contribution is -2.41. The fraction of sp³-hybridized carbons (Fsp3) is 0.417. The number of carboxylic acids is 1. The van der Waals surface area contributed by atoms with E-state index in [1.807, 2.05) is 24.3 Å². The van der Waals surface area contributed by atoms with E-state index in [4.69, 9.17) is 9.84 Å². The maximum atomic E-state index is 11.1. The molecule has 94 valence electrons. The molecule has 1 atom stereocenters. The number of ether oxygens (including phenoxy) is 1. The molecule has 0 amide bonds. The van der Waals surface area contributed by atoms with Gasteiger partial charge in [-0.3, -0.25) is 9.69 Å². The summed E-state index contributed by atoms with van der Waals surface area (Å²) in [7, 11) is 3.28.